The van der Waals surface area contributed by atoms with Crippen LogP contribution in [0, 0.1) is 0 Å². The number of aliphatic hydroxyl groups is 3. The van der Waals surface area contributed by atoms with Crippen LogP contribution in [0.1, 0.15) is 0 Å². The molecule has 6 nitrogen and oxygen atoms in total. The van der Waals surface area contributed by atoms with E-state index >= 15 is 0 Å². The Morgan fingerprint density at radius 1 is 1.08 bits per heavy atom. The zero-order chi connectivity index (χ0) is 17.1. The maximum Gasteiger partial charge on any atom is 0.212 e. The molecule has 0 unspecified atom stereocenters. The summed E-state index contributed by atoms with van der Waals surface area (Å²) in [6, 6.07) is 11.1. The van der Waals surface area contributed by atoms with Crippen LogP contribution in [-0.4, -0.2) is 56.9 Å². The molecule has 2 heterocycles. The van der Waals surface area contributed by atoms with Crippen molar-refractivity contribution in [3.63, 3.8) is 0 Å². The molecule has 1 saturated heterocycles. The van der Waals surface area contributed by atoms with Gasteiger partial charge in [0, 0.05) is 23.6 Å². The monoisotopic (exact) mass is 349 g/mol. The third-order valence-electron chi connectivity index (χ3n) is 3.82. The molecular weight excluding hydrogens is 330 g/mol. The van der Waals surface area contributed by atoms with E-state index in [1.165, 1.54) is 11.8 Å². The van der Waals surface area contributed by atoms with Crippen molar-refractivity contribution in [3.05, 3.63) is 42.6 Å². The number of thioether (sulfide) groups is 1. The molecule has 0 aliphatic carbocycles. The molecule has 1 aliphatic heterocycles. The van der Waals surface area contributed by atoms with E-state index in [9.17, 15) is 15.3 Å². The lowest BCUT2D eigenvalue weighted by Crippen LogP contribution is -2.50. The molecule has 1 aromatic heterocycles. The molecule has 4 atom stereocenters. The van der Waals surface area contributed by atoms with Crippen LogP contribution in [0.15, 0.2) is 42.6 Å². The average Bonchev–Trinajstić information content (AvgIpc) is 2.62. The molecule has 0 bridgehead atoms. The van der Waals surface area contributed by atoms with E-state index in [-0.39, 0.29) is 0 Å². The van der Waals surface area contributed by atoms with Gasteiger partial charge in [-0.25, -0.2) is 4.98 Å². The fraction of sp³-hybridized carbons (Fsp3) is 0.353. The van der Waals surface area contributed by atoms with E-state index in [4.69, 9.17) is 9.47 Å². The molecule has 3 rings (SSSR count). The van der Waals surface area contributed by atoms with E-state index in [1.807, 2.05) is 24.3 Å². The van der Waals surface area contributed by atoms with Gasteiger partial charge in [-0.05, 0) is 23.8 Å². The van der Waals surface area contributed by atoms with Crippen molar-refractivity contribution in [2.45, 2.75) is 23.7 Å². The van der Waals surface area contributed by atoms with E-state index in [1.54, 1.807) is 25.4 Å². The Labute approximate surface area is 144 Å². The van der Waals surface area contributed by atoms with Gasteiger partial charge in [0.2, 0.25) is 5.88 Å². The highest BCUT2D eigenvalue weighted by atomic mass is 32.2. The van der Waals surface area contributed by atoms with Crippen molar-refractivity contribution >= 4 is 11.8 Å². The minimum atomic E-state index is -1.20. The molecule has 0 radical (unpaired) electrons. The molecule has 1 fully saturated rings. The van der Waals surface area contributed by atoms with Crippen LogP contribution in [0.25, 0.3) is 11.1 Å². The van der Waals surface area contributed by atoms with Crippen molar-refractivity contribution in [3.8, 4) is 22.8 Å². The quantitative estimate of drug-likeness (QED) is 0.766. The number of hydrogen-bond donors (Lipinski definition) is 3. The molecule has 0 amide bonds. The number of nitrogens with zero attached hydrogens (tertiary/aromatic N) is 1. The first-order valence-corrected chi connectivity index (χ1v) is 8.56. The molecular formula is C17H19NO5S. The van der Waals surface area contributed by atoms with Crippen LogP contribution in [-0.2, 0) is 0 Å². The summed E-state index contributed by atoms with van der Waals surface area (Å²) in [6.07, 6.45) is -1.58. The summed E-state index contributed by atoms with van der Waals surface area (Å²) in [7, 11) is 1.56. The SMILES string of the molecule is COc1ccc(-c2cccc(O[C@H]3SC[C@@H](O)[C@H](O)[C@H]3O)c2)cn1. The van der Waals surface area contributed by atoms with Crippen LogP contribution >= 0.6 is 11.8 Å². The van der Waals surface area contributed by atoms with Gasteiger partial charge in [0.05, 0.1) is 13.2 Å². The lowest BCUT2D eigenvalue weighted by molar-refractivity contribution is -0.0786. The first-order valence-electron chi connectivity index (χ1n) is 7.51. The van der Waals surface area contributed by atoms with Gasteiger partial charge < -0.3 is 24.8 Å². The van der Waals surface area contributed by atoms with E-state index in [0.29, 0.717) is 17.4 Å². The number of hydrogen-bond acceptors (Lipinski definition) is 7. The van der Waals surface area contributed by atoms with Crippen LogP contribution in [0.4, 0.5) is 0 Å². The number of ether oxygens (including phenoxy) is 2. The minimum Gasteiger partial charge on any atom is -0.481 e. The zero-order valence-electron chi connectivity index (χ0n) is 13.1. The van der Waals surface area contributed by atoms with Crippen molar-refractivity contribution in [2.75, 3.05) is 12.9 Å². The summed E-state index contributed by atoms with van der Waals surface area (Å²) >= 11 is 1.27. The highest BCUT2D eigenvalue weighted by Gasteiger charge is 2.38. The Morgan fingerprint density at radius 3 is 2.62 bits per heavy atom. The largest absolute Gasteiger partial charge is 0.481 e. The Balaban J connectivity index is 1.75. The first-order chi connectivity index (χ1) is 11.6. The molecule has 7 heteroatoms. The topological polar surface area (TPSA) is 92.0 Å². The standard InChI is InChI=1S/C17H19NO5S/c1-22-14-6-5-11(8-18-14)10-3-2-4-12(7-10)23-17-16(21)15(20)13(19)9-24-17/h2-8,13,15-17,19-21H,9H2,1H3/t13-,15+,16-,17+/m1/s1. The molecule has 1 aromatic carbocycles. The van der Waals surface area contributed by atoms with Crippen molar-refractivity contribution in [1.82, 2.24) is 4.98 Å². The fourth-order valence-corrected chi connectivity index (χ4v) is 3.56. The van der Waals surface area contributed by atoms with Crippen LogP contribution in [0.2, 0.25) is 0 Å². The smallest absolute Gasteiger partial charge is 0.212 e. The van der Waals surface area contributed by atoms with Crippen LogP contribution in [0.3, 0.4) is 0 Å². The normalized spacial score (nSPS) is 26.8. The molecule has 2 aromatic rings. The number of pyridine rings is 1. The Morgan fingerprint density at radius 2 is 1.92 bits per heavy atom. The Hall–Kier alpha value is -1.80. The predicted molar refractivity (Wildman–Crippen MR) is 91.1 cm³/mol. The van der Waals surface area contributed by atoms with Crippen molar-refractivity contribution in [2.24, 2.45) is 0 Å². The highest BCUT2D eigenvalue weighted by Crippen LogP contribution is 2.31. The van der Waals surface area contributed by atoms with Gasteiger partial charge in [-0.2, -0.15) is 0 Å². The lowest BCUT2D eigenvalue weighted by Gasteiger charge is -2.34. The minimum absolute atomic E-state index is 0.310. The number of rotatable bonds is 4. The highest BCUT2D eigenvalue weighted by molar-refractivity contribution is 7.99. The van der Waals surface area contributed by atoms with Crippen molar-refractivity contribution < 1.29 is 24.8 Å². The third-order valence-corrected chi connectivity index (χ3v) is 5.06. The second kappa shape index (κ2) is 7.40. The van der Waals surface area contributed by atoms with Gasteiger partial charge in [0.15, 0.2) is 5.44 Å². The van der Waals surface area contributed by atoms with Crippen LogP contribution < -0.4 is 9.47 Å². The zero-order valence-corrected chi connectivity index (χ0v) is 13.9. The molecule has 3 N–H and O–H groups in total. The summed E-state index contributed by atoms with van der Waals surface area (Å²) in [6.45, 7) is 0. The second-order valence-corrected chi connectivity index (χ2v) is 6.62. The number of methoxy groups -OCH3 is 1. The van der Waals surface area contributed by atoms with Gasteiger partial charge in [-0.1, -0.05) is 12.1 Å². The summed E-state index contributed by atoms with van der Waals surface area (Å²) in [4.78, 5) is 4.18. The molecule has 0 spiro atoms. The van der Waals surface area contributed by atoms with Gasteiger partial charge in [-0.3, -0.25) is 0 Å². The number of benzene rings is 1. The summed E-state index contributed by atoms with van der Waals surface area (Å²) in [5.74, 6) is 1.43. The van der Waals surface area contributed by atoms with E-state index in [0.717, 1.165) is 11.1 Å². The fourth-order valence-electron chi connectivity index (χ4n) is 2.44. The van der Waals surface area contributed by atoms with E-state index < -0.39 is 23.7 Å². The van der Waals surface area contributed by atoms with Crippen molar-refractivity contribution in [1.29, 1.82) is 0 Å². The van der Waals surface area contributed by atoms with Gasteiger partial charge in [-0.15, -0.1) is 11.8 Å². The number of aromatic nitrogens is 1. The van der Waals surface area contributed by atoms with E-state index in [2.05, 4.69) is 4.98 Å². The summed E-state index contributed by atoms with van der Waals surface area (Å²) in [5.41, 5.74) is 1.19. The van der Waals surface area contributed by atoms with Gasteiger partial charge in [0.25, 0.3) is 0 Å². The van der Waals surface area contributed by atoms with Crippen LogP contribution in [0.5, 0.6) is 11.6 Å². The molecule has 24 heavy (non-hydrogen) atoms. The molecule has 128 valence electrons. The second-order valence-electron chi connectivity index (χ2n) is 5.49. The Kier molecular flexibility index (Phi) is 5.25. The maximum atomic E-state index is 10.0. The predicted octanol–water partition coefficient (Wildman–Crippen LogP) is 1.29. The molecule has 0 saturated carbocycles. The molecule has 1 aliphatic rings. The maximum absolute atomic E-state index is 10.0. The number of aliphatic hydroxyl groups excluding tert-OH is 3. The third kappa shape index (κ3) is 3.64. The van der Waals surface area contributed by atoms with Gasteiger partial charge in [0.1, 0.15) is 18.0 Å². The summed E-state index contributed by atoms with van der Waals surface area (Å²) in [5, 5.41) is 29.4. The van der Waals surface area contributed by atoms with Gasteiger partial charge >= 0.3 is 0 Å². The first kappa shape index (κ1) is 17.0. The Bertz CT molecular complexity index is 681. The summed E-state index contributed by atoms with van der Waals surface area (Å²) < 4.78 is 10.8. The average molecular weight is 349 g/mol. The lowest BCUT2D eigenvalue weighted by atomic mass is 10.1.